The second kappa shape index (κ2) is 5.05. The highest BCUT2D eigenvalue weighted by atomic mass is 16.5. The largest absolute Gasteiger partial charge is 0.496 e. The fraction of sp³-hybridized carbons (Fsp3) is 0.500. The number of rotatable bonds is 3. The van der Waals surface area contributed by atoms with Crippen LogP contribution in [0.2, 0.25) is 0 Å². The van der Waals surface area contributed by atoms with E-state index in [9.17, 15) is 0 Å². The van der Waals surface area contributed by atoms with Crippen molar-refractivity contribution in [2.75, 3.05) is 7.11 Å². The quantitative estimate of drug-likeness (QED) is 0.885. The van der Waals surface area contributed by atoms with Crippen LogP contribution >= 0.6 is 0 Å². The van der Waals surface area contributed by atoms with Crippen LogP contribution in [0.3, 0.4) is 0 Å². The first-order valence-electron chi connectivity index (χ1n) is 6.29. The van der Waals surface area contributed by atoms with E-state index in [0.29, 0.717) is 12.1 Å². The summed E-state index contributed by atoms with van der Waals surface area (Å²) in [4.78, 5) is 0. The van der Waals surface area contributed by atoms with Crippen LogP contribution in [0.1, 0.15) is 43.0 Å². The Kier molecular flexibility index (Phi) is 4.10. The van der Waals surface area contributed by atoms with Gasteiger partial charge in [-0.2, -0.15) is 0 Å². The summed E-state index contributed by atoms with van der Waals surface area (Å²) in [7, 11) is 1.73. The van der Waals surface area contributed by atoms with Crippen LogP contribution < -0.4 is 10.5 Å². The molecule has 2 heteroatoms. The molecule has 0 aromatic heterocycles. The highest BCUT2D eigenvalue weighted by Gasteiger charge is 2.22. The summed E-state index contributed by atoms with van der Waals surface area (Å²) in [5.74, 6) is 0.976. The van der Waals surface area contributed by atoms with Crippen LogP contribution in [-0.2, 0) is 11.8 Å². The van der Waals surface area contributed by atoms with E-state index < -0.39 is 0 Å². The molecule has 0 aliphatic carbocycles. The Bertz CT molecular complexity index is 467. The molecule has 0 aliphatic rings. The van der Waals surface area contributed by atoms with Crippen LogP contribution in [-0.4, -0.2) is 7.11 Å². The maximum atomic E-state index is 5.74. The number of nitrogens with two attached hydrogens (primary N) is 1. The highest BCUT2D eigenvalue weighted by Crippen LogP contribution is 2.37. The third-order valence-electron chi connectivity index (χ3n) is 3.29. The molecule has 0 saturated carbocycles. The van der Waals surface area contributed by atoms with Crippen LogP contribution in [0.25, 0.3) is 0 Å². The van der Waals surface area contributed by atoms with Gasteiger partial charge < -0.3 is 10.5 Å². The summed E-state index contributed by atoms with van der Waals surface area (Å²) in [6.45, 7) is 14.6. The number of aryl methyl sites for hydroxylation is 1. The minimum Gasteiger partial charge on any atom is -0.496 e. The Morgan fingerprint density at radius 2 is 1.89 bits per heavy atom. The molecule has 18 heavy (non-hydrogen) atoms. The van der Waals surface area contributed by atoms with E-state index in [1.807, 2.05) is 0 Å². The van der Waals surface area contributed by atoms with E-state index in [2.05, 4.69) is 47.3 Å². The van der Waals surface area contributed by atoms with E-state index in [1.54, 1.807) is 7.11 Å². The number of hydrogen-bond acceptors (Lipinski definition) is 2. The molecule has 0 atom stereocenters. The Balaban J connectivity index is 3.49. The molecule has 0 fully saturated rings. The van der Waals surface area contributed by atoms with Crippen molar-refractivity contribution in [1.82, 2.24) is 0 Å². The molecule has 0 radical (unpaired) electrons. The molecule has 0 saturated heterocycles. The van der Waals surface area contributed by atoms with Gasteiger partial charge in [-0.25, -0.2) is 0 Å². The fourth-order valence-corrected chi connectivity index (χ4v) is 2.32. The van der Waals surface area contributed by atoms with Crippen molar-refractivity contribution in [2.45, 2.75) is 46.5 Å². The number of methoxy groups -OCH3 is 1. The van der Waals surface area contributed by atoms with E-state index >= 15 is 0 Å². The van der Waals surface area contributed by atoms with Crippen molar-refractivity contribution in [3.8, 4) is 5.75 Å². The van der Waals surface area contributed by atoms with Crippen molar-refractivity contribution in [1.29, 1.82) is 0 Å². The Hall–Kier alpha value is -1.44. The van der Waals surface area contributed by atoms with Gasteiger partial charge in [0.05, 0.1) is 7.11 Å². The van der Waals surface area contributed by atoms with Gasteiger partial charge in [0.15, 0.2) is 0 Å². The van der Waals surface area contributed by atoms with Gasteiger partial charge in [-0.05, 0) is 36.0 Å². The van der Waals surface area contributed by atoms with Gasteiger partial charge >= 0.3 is 0 Å². The number of hydrogen-bond donors (Lipinski definition) is 1. The molecule has 0 aliphatic heterocycles. The van der Waals surface area contributed by atoms with Gasteiger partial charge in [0.25, 0.3) is 0 Å². The minimum absolute atomic E-state index is 0.0686. The first-order valence-corrected chi connectivity index (χ1v) is 6.29. The van der Waals surface area contributed by atoms with Crippen molar-refractivity contribution < 1.29 is 4.74 Å². The van der Waals surface area contributed by atoms with Gasteiger partial charge in [0.1, 0.15) is 5.75 Å². The lowest BCUT2D eigenvalue weighted by Gasteiger charge is -2.26. The van der Waals surface area contributed by atoms with Gasteiger partial charge in [-0.3, -0.25) is 0 Å². The first kappa shape index (κ1) is 14.6. The molecule has 0 spiro atoms. The SMILES string of the molecule is C=C(N)Cc1c(C)cc(C(C)(C)C)c(OC)c1C. The molecule has 0 amide bonds. The molecule has 100 valence electrons. The molecular weight excluding hydrogens is 222 g/mol. The predicted octanol–water partition coefficient (Wildman–Crippen LogP) is 3.62. The molecular formula is C16H25NO. The van der Waals surface area contributed by atoms with Crippen LogP contribution in [0.5, 0.6) is 5.75 Å². The van der Waals surface area contributed by atoms with Gasteiger partial charge in [0, 0.05) is 17.7 Å². The summed E-state index contributed by atoms with van der Waals surface area (Å²) < 4.78 is 5.61. The normalized spacial score (nSPS) is 11.4. The molecule has 1 aromatic rings. The lowest BCUT2D eigenvalue weighted by molar-refractivity contribution is 0.393. The van der Waals surface area contributed by atoms with E-state index in [4.69, 9.17) is 10.5 Å². The lowest BCUT2D eigenvalue weighted by Crippen LogP contribution is -2.15. The average Bonchev–Trinajstić information content (AvgIpc) is 2.22. The van der Waals surface area contributed by atoms with Crippen molar-refractivity contribution >= 4 is 0 Å². The first-order chi connectivity index (χ1) is 8.18. The Labute approximate surface area is 111 Å². The third-order valence-corrected chi connectivity index (χ3v) is 3.29. The summed E-state index contributed by atoms with van der Waals surface area (Å²) in [6, 6.07) is 2.21. The van der Waals surface area contributed by atoms with Crippen molar-refractivity contribution in [2.24, 2.45) is 5.73 Å². The molecule has 0 unspecified atom stereocenters. The predicted molar refractivity (Wildman–Crippen MR) is 78.2 cm³/mol. The molecule has 2 nitrogen and oxygen atoms in total. The molecule has 1 rings (SSSR count). The molecule has 0 bridgehead atoms. The van der Waals surface area contributed by atoms with Crippen molar-refractivity contribution in [3.63, 3.8) is 0 Å². The average molecular weight is 247 g/mol. The van der Waals surface area contributed by atoms with E-state index in [-0.39, 0.29) is 5.41 Å². The fourth-order valence-electron chi connectivity index (χ4n) is 2.32. The van der Waals surface area contributed by atoms with E-state index in [1.165, 1.54) is 22.3 Å². The zero-order valence-corrected chi connectivity index (χ0v) is 12.5. The maximum Gasteiger partial charge on any atom is 0.125 e. The minimum atomic E-state index is 0.0686. The lowest BCUT2D eigenvalue weighted by atomic mass is 9.82. The number of allylic oxidation sites excluding steroid dienone is 1. The van der Waals surface area contributed by atoms with Crippen LogP contribution in [0, 0.1) is 13.8 Å². The van der Waals surface area contributed by atoms with Gasteiger partial charge in [-0.15, -0.1) is 0 Å². The van der Waals surface area contributed by atoms with Crippen LogP contribution in [0.15, 0.2) is 18.3 Å². The Morgan fingerprint density at radius 1 is 1.33 bits per heavy atom. The Morgan fingerprint density at radius 3 is 2.28 bits per heavy atom. The molecule has 2 N–H and O–H groups in total. The molecule has 0 heterocycles. The van der Waals surface area contributed by atoms with Crippen LogP contribution in [0.4, 0.5) is 0 Å². The second-order valence-electron chi connectivity index (χ2n) is 5.96. The standard InChI is InChI=1S/C16H25NO/c1-10-8-14(16(4,5)6)15(18-7)12(3)13(10)9-11(2)17/h8H,2,9,17H2,1,3-7H3. The monoisotopic (exact) mass is 247 g/mol. The zero-order chi connectivity index (χ0) is 14.1. The van der Waals surface area contributed by atoms with Crippen molar-refractivity contribution in [3.05, 3.63) is 40.6 Å². The smallest absolute Gasteiger partial charge is 0.125 e. The summed E-state index contributed by atoms with van der Waals surface area (Å²) in [5, 5.41) is 0. The zero-order valence-electron chi connectivity index (χ0n) is 12.5. The summed E-state index contributed by atoms with van der Waals surface area (Å²) in [5.41, 5.74) is 11.4. The summed E-state index contributed by atoms with van der Waals surface area (Å²) in [6.07, 6.45) is 0.707. The topological polar surface area (TPSA) is 35.2 Å². The maximum absolute atomic E-state index is 5.74. The van der Waals surface area contributed by atoms with Gasteiger partial charge in [-0.1, -0.05) is 33.4 Å². The summed E-state index contributed by atoms with van der Waals surface area (Å²) >= 11 is 0. The molecule has 1 aromatic carbocycles. The third kappa shape index (κ3) is 2.87. The highest BCUT2D eigenvalue weighted by molar-refractivity contribution is 5.53. The van der Waals surface area contributed by atoms with E-state index in [0.717, 1.165) is 5.75 Å². The second-order valence-corrected chi connectivity index (χ2v) is 5.96. The van der Waals surface area contributed by atoms with Gasteiger partial charge in [0.2, 0.25) is 0 Å². The number of benzene rings is 1. The number of ether oxygens (including phenoxy) is 1.